The summed E-state index contributed by atoms with van der Waals surface area (Å²) in [7, 11) is 0. The Kier molecular flexibility index (Phi) is 2.67. The minimum absolute atomic E-state index is 0.969. The van der Waals surface area contributed by atoms with Gasteiger partial charge in [-0.2, -0.15) is 5.10 Å². The van der Waals surface area contributed by atoms with E-state index in [1.54, 1.807) is 6.20 Å². The fourth-order valence-corrected chi connectivity index (χ4v) is 2.57. The van der Waals surface area contributed by atoms with Crippen LogP contribution in [0.2, 0.25) is 0 Å². The largest absolute Gasteiger partial charge is 0.261 e. The normalized spacial score (nSPS) is 11.1. The molecule has 0 atom stereocenters. The van der Waals surface area contributed by atoms with Gasteiger partial charge in [0.1, 0.15) is 0 Å². The van der Waals surface area contributed by atoms with Crippen LogP contribution in [0.15, 0.2) is 41.3 Å². The van der Waals surface area contributed by atoms with Gasteiger partial charge in [-0.05, 0) is 41.4 Å². The van der Waals surface area contributed by atoms with E-state index >= 15 is 0 Å². The quantitative estimate of drug-likeness (QED) is 0.684. The van der Waals surface area contributed by atoms with E-state index in [0.717, 1.165) is 21.1 Å². The predicted octanol–water partition coefficient (Wildman–Crippen LogP) is 3.80. The SMILES string of the molecule is Cc1ccc(-n2ncc3c(Br)cncc32)c(C)c1. The average Bonchev–Trinajstić information content (AvgIpc) is 2.74. The highest BCUT2D eigenvalue weighted by molar-refractivity contribution is 9.10. The zero-order valence-corrected chi connectivity index (χ0v) is 11.8. The molecule has 3 nitrogen and oxygen atoms in total. The molecule has 0 unspecified atom stereocenters. The molecular weight excluding hydrogens is 290 g/mol. The third kappa shape index (κ3) is 1.73. The molecule has 0 N–H and O–H groups in total. The molecule has 0 saturated heterocycles. The number of aromatic nitrogens is 3. The molecule has 0 amide bonds. The van der Waals surface area contributed by atoms with E-state index in [9.17, 15) is 0 Å². The highest BCUT2D eigenvalue weighted by Gasteiger charge is 2.09. The lowest BCUT2D eigenvalue weighted by atomic mass is 10.1. The Morgan fingerprint density at radius 2 is 1.94 bits per heavy atom. The summed E-state index contributed by atoms with van der Waals surface area (Å²) in [4.78, 5) is 4.21. The van der Waals surface area contributed by atoms with Crippen LogP contribution in [0.4, 0.5) is 0 Å². The third-order valence-corrected chi connectivity index (χ3v) is 3.66. The van der Waals surface area contributed by atoms with Gasteiger partial charge in [-0.15, -0.1) is 0 Å². The van der Waals surface area contributed by atoms with Gasteiger partial charge in [0.25, 0.3) is 0 Å². The van der Waals surface area contributed by atoms with Gasteiger partial charge in [0, 0.05) is 16.1 Å². The maximum Gasteiger partial charge on any atom is 0.0935 e. The second-order valence-corrected chi connectivity index (χ2v) is 5.25. The van der Waals surface area contributed by atoms with Crippen molar-refractivity contribution in [3.05, 3.63) is 52.4 Å². The maximum atomic E-state index is 4.46. The molecule has 90 valence electrons. The summed E-state index contributed by atoms with van der Waals surface area (Å²) in [6, 6.07) is 6.35. The topological polar surface area (TPSA) is 30.7 Å². The highest BCUT2D eigenvalue weighted by Crippen LogP contribution is 2.25. The summed E-state index contributed by atoms with van der Waals surface area (Å²) in [5, 5.41) is 5.54. The number of rotatable bonds is 1. The van der Waals surface area contributed by atoms with E-state index in [4.69, 9.17) is 0 Å². The molecule has 0 aliphatic carbocycles. The predicted molar refractivity (Wildman–Crippen MR) is 76.0 cm³/mol. The van der Waals surface area contributed by atoms with Gasteiger partial charge in [0.05, 0.1) is 23.6 Å². The van der Waals surface area contributed by atoms with Crippen LogP contribution in [-0.2, 0) is 0 Å². The third-order valence-electron chi connectivity index (χ3n) is 3.03. The number of aryl methyl sites for hydroxylation is 2. The molecule has 0 aliphatic heterocycles. The minimum Gasteiger partial charge on any atom is -0.261 e. The van der Waals surface area contributed by atoms with E-state index in [1.165, 1.54) is 11.1 Å². The van der Waals surface area contributed by atoms with Crippen molar-refractivity contribution in [2.24, 2.45) is 0 Å². The Balaban J connectivity index is 2.29. The average molecular weight is 302 g/mol. The lowest BCUT2D eigenvalue weighted by molar-refractivity contribution is 0.899. The van der Waals surface area contributed by atoms with Crippen molar-refractivity contribution in [2.45, 2.75) is 13.8 Å². The first kappa shape index (κ1) is 11.4. The second-order valence-electron chi connectivity index (χ2n) is 4.40. The van der Waals surface area contributed by atoms with Crippen LogP contribution in [0.25, 0.3) is 16.6 Å². The summed E-state index contributed by atoms with van der Waals surface area (Å²) >= 11 is 3.50. The van der Waals surface area contributed by atoms with E-state index in [-0.39, 0.29) is 0 Å². The molecule has 0 bridgehead atoms. The van der Waals surface area contributed by atoms with Crippen LogP contribution in [0.5, 0.6) is 0 Å². The molecule has 18 heavy (non-hydrogen) atoms. The molecule has 0 saturated carbocycles. The van der Waals surface area contributed by atoms with E-state index < -0.39 is 0 Å². The first-order valence-electron chi connectivity index (χ1n) is 5.71. The van der Waals surface area contributed by atoms with Crippen LogP contribution in [0.3, 0.4) is 0 Å². The van der Waals surface area contributed by atoms with Crippen LogP contribution < -0.4 is 0 Å². The van der Waals surface area contributed by atoms with Gasteiger partial charge in [-0.1, -0.05) is 17.7 Å². The summed E-state index contributed by atoms with van der Waals surface area (Å²) in [6.45, 7) is 4.19. The number of hydrogen-bond donors (Lipinski definition) is 0. The van der Waals surface area contributed by atoms with E-state index in [2.05, 4.69) is 58.1 Å². The molecule has 3 rings (SSSR count). The van der Waals surface area contributed by atoms with Crippen LogP contribution in [0.1, 0.15) is 11.1 Å². The smallest absolute Gasteiger partial charge is 0.0935 e. The number of fused-ring (bicyclic) bond motifs is 1. The molecule has 2 heterocycles. The second kappa shape index (κ2) is 4.21. The fraction of sp³-hybridized carbons (Fsp3) is 0.143. The fourth-order valence-electron chi connectivity index (χ4n) is 2.14. The first-order valence-corrected chi connectivity index (χ1v) is 6.51. The van der Waals surface area contributed by atoms with Gasteiger partial charge in [-0.25, -0.2) is 4.68 Å². The van der Waals surface area contributed by atoms with E-state index in [1.807, 2.05) is 17.1 Å². The van der Waals surface area contributed by atoms with Gasteiger partial charge in [-0.3, -0.25) is 4.98 Å². The monoisotopic (exact) mass is 301 g/mol. The van der Waals surface area contributed by atoms with Gasteiger partial charge in [0.15, 0.2) is 0 Å². The van der Waals surface area contributed by atoms with E-state index in [0.29, 0.717) is 0 Å². The molecule has 3 aromatic rings. The molecule has 0 radical (unpaired) electrons. The Bertz CT molecular complexity index is 731. The zero-order chi connectivity index (χ0) is 12.7. The Morgan fingerprint density at radius 1 is 1.11 bits per heavy atom. The Labute approximate surface area is 114 Å². The number of benzene rings is 1. The summed E-state index contributed by atoms with van der Waals surface area (Å²) in [5.41, 5.74) is 4.57. The Morgan fingerprint density at radius 3 is 2.72 bits per heavy atom. The molecule has 0 aliphatic rings. The lowest BCUT2D eigenvalue weighted by Crippen LogP contribution is -1.99. The minimum atomic E-state index is 0.969. The van der Waals surface area contributed by atoms with Crippen molar-refractivity contribution in [3.8, 4) is 5.69 Å². The van der Waals surface area contributed by atoms with Crippen LogP contribution in [-0.4, -0.2) is 14.8 Å². The lowest BCUT2D eigenvalue weighted by Gasteiger charge is -2.08. The summed E-state index contributed by atoms with van der Waals surface area (Å²) in [6.07, 6.45) is 5.49. The van der Waals surface area contributed by atoms with Gasteiger partial charge >= 0.3 is 0 Å². The van der Waals surface area contributed by atoms with Crippen molar-refractivity contribution in [3.63, 3.8) is 0 Å². The number of nitrogens with zero attached hydrogens (tertiary/aromatic N) is 3. The molecule has 0 fully saturated rings. The highest BCUT2D eigenvalue weighted by atomic mass is 79.9. The molecular formula is C14H12BrN3. The molecule has 4 heteroatoms. The Hall–Kier alpha value is -1.68. The maximum absolute atomic E-state index is 4.46. The van der Waals surface area contributed by atoms with Crippen molar-refractivity contribution in [1.82, 2.24) is 14.8 Å². The molecule has 2 aromatic heterocycles. The molecule has 1 aromatic carbocycles. The number of pyridine rings is 1. The van der Waals surface area contributed by atoms with Crippen LogP contribution >= 0.6 is 15.9 Å². The summed E-state index contributed by atoms with van der Waals surface area (Å²) in [5.74, 6) is 0. The first-order chi connectivity index (χ1) is 8.66. The summed E-state index contributed by atoms with van der Waals surface area (Å²) < 4.78 is 2.90. The van der Waals surface area contributed by atoms with Crippen molar-refractivity contribution in [1.29, 1.82) is 0 Å². The van der Waals surface area contributed by atoms with Gasteiger partial charge in [0.2, 0.25) is 0 Å². The van der Waals surface area contributed by atoms with Crippen molar-refractivity contribution in [2.75, 3.05) is 0 Å². The van der Waals surface area contributed by atoms with Gasteiger partial charge < -0.3 is 0 Å². The number of halogens is 1. The van der Waals surface area contributed by atoms with Crippen molar-refractivity contribution >= 4 is 26.8 Å². The molecule has 0 spiro atoms. The van der Waals surface area contributed by atoms with Crippen LogP contribution in [0, 0.1) is 13.8 Å². The van der Waals surface area contributed by atoms with Crippen molar-refractivity contribution < 1.29 is 0 Å². The zero-order valence-electron chi connectivity index (χ0n) is 10.2. The standard InChI is InChI=1S/C14H12BrN3/c1-9-3-4-13(10(2)5-9)18-14-8-16-7-12(15)11(14)6-17-18/h3-8H,1-2H3. The number of hydrogen-bond acceptors (Lipinski definition) is 2.